The number of aromatic hydroxyl groups is 2. The quantitative estimate of drug-likeness (QED) is 0.642. The van der Waals surface area contributed by atoms with Crippen molar-refractivity contribution in [1.29, 1.82) is 0 Å². The first-order chi connectivity index (χ1) is 8.34. The van der Waals surface area contributed by atoms with Crippen LogP contribution in [-0.2, 0) is 0 Å². The maximum absolute atomic E-state index is 11.6. The van der Waals surface area contributed by atoms with Gasteiger partial charge in [-0.05, 0) is 13.0 Å². The lowest BCUT2D eigenvalue weighted by atomic mass is 9.89. The summed E-state index contributed by atoms with van der Waals surface area (Å²) in [7, 11) is 0. The summed E-state index contributed by atoms with van der Waals surface area (Å²) in [5, 5.41) is 28.6. The maximum Gasteiger partial charge on any atom is 0.228 e. The SMILES string of the molecule is CC(=O)c1c(O)cc2c(c1O)C(=O)C=C(O)C2=O. The van der Waals surface area contributed by atoms with Gasteiger partial charge in [0.2, 0.25) is 5.78 Å². The second-order valence-corrected chi connectivity index (χ2v) is 3.82. The van der Waals surface area contributed by atoms with Crippen LogP contribution in [-0.4, -0.2) is 32.7 Å². The molecule has 6 nitrogen and oxygen atoms in total. The predicted molar refractivity (Wildman–Crippen MR) is 59.1 cm³/mol. The lowest BCUT2D eigenvalue weighted by Crippen LogP contribution is -2.18. The molecule has 1 aliphatic carbocycles. The number of rotatable bonds is 1. The standard InChI is InChI=1S/C12H8O6/c1-4(13)9-6(14)2-5-10(12(9)18)7(15)3-8(16)11(5)17/h2-3,14,16,18H,1H3. The van der Waals surface area contributed by atoms with Crippen LogP contribution < -0.4 is 0 Å². The van der Waals surface area contributed by atoms with Crippen LogP contribution in [0.3, 0.4) is 0 Å². The lowest BCUT2D eigenvalue weighted by molar-refractivity contribution is 0.0935. The summed E-state index contributed by atoms with van der Waals surface area (Å²) in [5.74, 6) is -4.49. The number of phenols is 2. The molecule has 0 aliphatic heterocycles. The van der Waals surface area contributed by atoms with Gasteiger partial charge >= 0.3 is 0 Å². The van der Waals surface area contributed by atoms with Crippen LogP contribution in [0.15, 0.2) is 17.9 Å². The summed E-state index contributed by atoms with van der Waals surface area (Å²) in [4.78, 5) is 34.4. The number of Topliss-reactive ketones (excluding diaryl/α,β-unsaturated/α-hetero) is 2. The third kappa shape index (κ3) is 1.46. The molecule has 0 spiro atoms. The zero-order valence-electron chi connectivity index (χ0n) is 9.22. The van der Waals surface area contributed by atoms with Gasteiger partial charge in [-0.1, -0.05) is 0 Å². The molecule has 0 saturated heterocycles. The Morgan fingerprint density at radius 1 is 1.17 bits per heavy atom. The number of allylic oxidation sites excluding steroid dienone is 2. The van der Waals surface area contributed by atoms with E-state index in [1.165, 1.54) is 0 Å². The number of fused-ring (bicyclic) bond motifs is 1. The number of phenolic OH excluding ortho intramolecular Hbond substituents is 2. The molecule has 3 N–H and O–H groups in total. The molecule has 2 rings (SSSR count). The van der Waals surface area contributed by atoms with Gasteiger partial charge in [0.15, 0.2) is 17.3 Å². The molecule has 0 saturated carbocycles. The average molecular weight is 248 g/mol. The molecule has 0 unspecified atom stereocenters. The minimum atomic E-state index is -0.898. The molecule has 0 fully saturated rings. The number of carbonyl (C=O) groups is 3. The van der Waals surface area contributed by atoms with Crippen molar-refractivity contribution in [3.8, 4) is 11.5 Å². The second-order valence-electron chi connectivity index (χ2n) is 3.82. The number of carbonyl (C=O) groups excluding carboxylic acids is 3. The van der Waals surface area contributed by atoms with E-state index in [-0.39, 0.29) is 11.1 Å². The van der Waals surface area contributed by atoms with E-state index < -0.39 is 40.2 Å². The minimum Gasteiger partial charge on any atom is -0.507 e. The van der Waals surface area contributed by atoms with Crippen LogP contribution >= 0.6 is 0 Å². The highest BCUT2D eigenvalue weighted by Crippen LogP contribution is 2.37. The number of hydrogen-bond acceptors (Lipinski definition) is 6. The van der Waals surface area contributed by atoms with Crippen LogP contribution in [0.5, 0.6) is 11.5 Å². The largest absolute Gasteiger partial charge is 0.507 e. The highest BCUT2D eigenvalue weighted by molar-refractivity contribution is 6.25. The molecular formula is C12H8O6. The van der Waals surface area contributed by atoms with Crippen LogP contribution in [0.25, 0.3) is 0 Å². The first kappa shape index (κ1) is 11.8. The van der Waals surface area contributed by atoms with E-state index in [2.05, 4.69) is 0 Å². The number of ketones is 3. The van der Waals surface area contributed by atoms with Crippen molar-refractivity contribution in [2.45, 2.75) is 6.92 Å². The van der Waals surface area contributed by atoms with Crippen LogP contribution in [0.1, 0.15) is 38.0 Å². The fourth-order valence-corrected chi connectivity index (χ4v) is 1.83. The topological polar surface area (TPSA) is 112 Å². The van der Waals surface area contributed by atoms with Crippen molar-refractivity contribution in [2.75, 3.05) is 0 Å². The summed E-state index contributed by atoms with van der Waals surface area (Å²) in [6.45, 7) is 1.10. The Bertz CT molecular complexity index is 638. The minimum absolute atomic E-state index is 0.333. The number of aliphatic hydroxyl groups is 1. The zero-order valence-corrected chi connectivity index (χ0v) is 9.22. The third-order valence-corrected chi connectivity index (χ3v) is 2.62. The summed E-state index contributed by atoms with van der Waals surface area (Å²) >= 11 is 0. The van der Waals surface area contributed by atoms with Gasteiger partial charge in [0.1, 0.15) is 17.1 Å². The monoisotopic (exact) mass is 248 g/mol. The maximum atomic E-state index is 11.6. The van der Waals surface area contributed by atoms with Crippen molar-refractivity contribution >= 4 is 17.3 Å². The Hall–Kier alpha value is -2.63. The van der Waals surface area contributed by atoms with Crippen molar-refractivity contribution < 1.29 is 29.7 Å². The average Bonchev–Trinajstić information content (AvgIpc) is 2.24. The van der Waals surface area contributed by atoms with E-state index in [1.807, 2.05) is 0 Å². The van der Waals surface area contributed by atoms with E-state index >= 15 is 0 Å². The molecular weight excluding hydrogens is 240 g/mol. The third-order valence-electron chi connectivity index (χ3n) is 2.62. The summed E-state index contributed by atoms with van der Waals surface area (Å²) in [6.07, 6.45) is 0.658. The first-order valence-corrected chi connectivity index (χ1v) is 4.94. The van der Waals surface area contributed by atoms with E-state index in [9.17, 15) is 29.7 Å². The molecule has 0 bridgehead atoms. The van der Waals surface area contributed by atoms with E-state index in [0.29, 0.717) is 6.08 Å². The Morgan fingerprint density at radius 3 is 2.33 bits per heavy atom. The van der Waals surface area contributed by atoms with E-state index in [0.717, 1.165) is 13.0 Å². The fourth-order valence-electron chi connectivity index (χ4n) is 1.83. The number of aliphatic hydroxyl groups excluding tert-OH is 1. The molecule has 1 aliphatic rings. The summed E-state index contributed by atoms with van der Waals surface area (Å²) in [6, 6.07) is 0.884. The van der Waals surface area contributed by atoms with Crippen molar-refractivity contribution in [3.63, 3.8) is 0 Å². The summed E-state index contributed by atoms with van der Waals surface area (Å²) in [5.41, 5.74) is -1.15. The molecule has 6 heteroatoms. The highest BCUT2D eigenvalue weighted by Gasteiger charge is 2.32. The van der Waals surface area contributed by atoms with Gasteiger partial charge in [-0.3, -0.25) is 14.4 Å². The zero-order chi connectivity index (χ0) is 13.6. The first-order valence-electron chi connectivity index (χ1n) is 4.94. The van der Waals surface area contributed by atoms with Crippen molar-refractivity contribution in [2.24, 2.45) is 0 Å². The Labute approximate surface area is 101 Å². The van der Waals surface area contributed by atoms with E-state index in [4.69, 9.17) is 0 Å². The second kappa shape index (κ2) is 3.69. The molecule has 18 heavy (non-hydrogen) atoms. The smallest absolute Gasteiger partial charge is 0.228 e. The molecule has 0 aromatic heterocycles. The van der Waals surface area contributed by atoms with E-state index in [1.54, 1.807) is 0 Å². The van der Waals surface area contributed by atoms with Gasteiger partial charge in [0.25, 0.3) is 0 Å². The van der Waals surface area contributed by atoms with Gasteiger partial charge < -0.3 is 15.3 Å². The van der Waals surface area contributed by atoms with Crippen molar-refractivity contribution in [3.05, 3.63) is 34.6 Å². The lowest BCUT2D eigenvalue weighted by Gasteiger charge is -2.15. The molecule has 92 valence electrons. The molecule has 0 amide bonds. The fraction of sp³-hybridized carbons (Fsp3) is 0.0833. The van der Waals surface area contributed by atoms with Crippen LogP contribution in [0.4, 0.5) is 0 Å². The molecule has 0 radical (unpaired) electrons. The van der Waals surface area contributed by atoms with Gasteiger partial charge in [0.05, 0.1) is 5.56 Å². The highest BCUT2D eigenvalue weighted by atomic mass is 16.3. The summed E-state index contributed by atoms with van der Waals surface area (Å²) < 4.78 is 0. The molecule has 0 atom stereocenters. The molecule has 1 aromatic carbocycles. The Balaban J connectivity index is 2.85. The predicted octanol–water partition coefficient (Wildman–Crippen LogP) is 1.12. The van der Waals surface area contributed by atoms with Crippen LogP contribution in [0, 0.1) is 0 Å². The van der Waals surface area contributed by atoms with Crippen LogP contribution in [0.2, 0.25) is 0 Å². The molecule has 0 heterocycles. The van der Waals surface area contributed by atoms with Gasteiger partial charge in [-0.15, -0.1) is 0 Å². The van der Waals surface area contributed by atoms with Gasteiger partial charge in [-0.25, -0.2) is 0 Å². The Kier molecular flexibility index (Phi) is 2.43. The van der Waals surface area contributed by atoms with Crippen molar-refractivity contribution in [1.82, 2.24) is 0 Å². The Morgan fingerprint density at radius 2 is 1.78 bits per heavy atom. The van der Waals surface area contributed by atoms with Gasteiger partial charge in [-0.2, -0.15) is 0 Å². The number of benzene rings is 1. The normalized spacial score (nSPS) is 14.2. The molecule has 1 aromatic rings. The number of hydrogen-bond donors (Lipinski definition) is 3. The van der Waals surface area contributed by atoms with Gasteiger partial charge in [0, 0.05) is 11.6 Å².